The second kappa shape index (κ2) is 6.05. The third-order valence-corrected chi connectivity index (χ3v) is 3.21. The molecule has 18 heavy (non-hydrogen) atoms. The Kier molecular flexibility index (Phi) is 4.42. The van der Waals surface area contributed by atoms with Crippen LogP contribution in [0.2, 0.25) is 0 Å². The van der Waals surface area contributed by atoms with E-state index in [0.29, 0.717) is 6.42 Å². The average molecular weight is 254 g/mol. The fraction of sp³-hybridized carbons (Fsp3) is 0.500. The van der Waals surface area contributed by atoms with Crippen molar-refractivity contribution in [2.75, 3.05) is 6.61 Å². The molecule has 1 aliphatic heterocycles. The Balaban J connectivity index is 1.85. The van der Waals surface area contributed by atoms with Crippen molar-refractivity contribution in [1.29, 1.82) is 0 Å². The molecule has 2 nitrogen and oxygen atoms in total. The lowest BCUT2D eigenvalue weighted by molar-refractivity contribution is 0.0919. The van der Waals surface area contributed by atoms with Gasteiger partial charge < -0.3 is 4.74 Å². The number of halogens is 2. The van der Waals surface area contributed by atoms with Crippen LogP contribution in [0.15, 0.2) is 18.2 Å². The van der Waals surface area contributed by atoms with Gasteiger partial charge in [0.25, 0.3) is 0 Å². The van der Waals surface area contributed by atoms with Gasteiger partial charge in [-0.15, -0.1) is 0 Å². The molecule has 0 N–H and O–H groups in total. The van der Waals surface area contributed by atoms with E-state index >= 15 is 0 Å². The van der Waals surface area contributed by atoms with Crippen molar-refractivity contribution in [3.63, 3.8) is 0 Å². The molecule has 1 heterocycles. The molecule has 1 unspecified atom stereocenters. The summed E-state index contributed by atoms with van der Waals surface area (Å²) in [5.41, 5.74) is -0.151. The van der Waals surface area contributed by atoms with E-state index in [1.54, 1.807) is 0 Å². The van der Waals surface area contributed by atoms with E-state index in [9.17, 15) is 13.6 Å². The molecule has 0 amide bonds. The van der Waals surface area contributed by atoms with Crippen molar-refractivity contribution in [2.45, 2.75) is 38.2 Å². The Hall–Kier alpha value is -1.29. The quantitative estimate of drug-likeness (QED) is 0.752. The van der Waals surface area contributed by atoms with E-state index in [1.807, 2.05) is 0 Å². The molecule has 98 valence electrons. The Morgan fingerprint density at radius 3 is 2.94 bits per heavy atom. The van der Waals surface area contributed by atoms with E-state index in [4.69, 9.17) is 4.74 Å². The second-order valence-electron chi connectivity index (χ2n) is 4.55. The molecular formula is C14H16F2O2. The summed E-state index contributed by atoms with van der Waals surface area (Å²) in [4.78, 5) is 11.7. The van der Waals surface area contributed by atoms with Crippen LogP contribution in [0.4, 0.5) is 8.78 Å². The van der Waals surface area contributed by atoms with E-state index in [2.05, 4.69) is 0 Å². The molecule has 0 saturated carbocycles. The van der Waals surface area contributed by atoms with Crippen LogP contribution in [-0.2, 0) is 4.74 Å². The molecule has 1 fully saturated rings. The van der Waals surface area contributed by atoms with Gasteiger partial charge in [-0.25, -0.2) is 8.78 Å². The predicted molar refractivity (Wildman–Crippen MR) is 63.5 cm³/mol. The average Bonchev–Trinajstić information content (AvgIpc) is 2.85. The summed E-state index contributed by atoms with van der Waals surface area (Å²) in [6.07, 6.45) is 4.03. The Morgan fingerprint density at radius 2 is 2.22 bits per heavy atom. The number of ether oxygens (including phenoxy) is 1. The molecule has 2 rings (SSSR count). The predicted octanol–water partition coefficient (Wildman–Crippen LogP) is 3.50. The van der Waals surface area contributed by atoms with Crippen LogP contribution < -0.4 is 0 Å². The van der Waals surface area contributed by atoms with Crippen LogP contribution in [-0.4, -0.2) is 18.5 Å². The zero-order valence-electron chi connectivity index (χ0n) is 10.1. The molecule has 0 aliphatic carbocycles. The number of hydrogen-bond acceptors (Lipinski definition) is 2. The second-order valence-corrected chi connectivity index (χ2v) is 4.55. The van der Waals surface area contributed by atoms with Crippen LogP contribution >= 0.6 is 0 Å². The molecule has 4 heteroatoms. The maximum Gasteiger partial charge on any atom is 0.169 e. The highest BCUT2D eigenvalue weighted by molar-refractivity contribution is 5.96. The van der Waals surface area contributed by atoms with Gasteiger partial charge >= 0.3 is 0 Å². The SMILES string of the molecule is O=C(CCCC1CCCO1)c1cccc(F)c1F. The van der Waals surface area contributed by atoms with Gasteiger partial charge in [-0.05, 0) is 37.8 Å². The van der Waals surface area contributed by atoms with Gasteiger partial charge in [0.15, 0.2) is 17.4 Å². The first-order valence-electron chi connectivity index (χ1n) is 6.27. The monoisotopic (exact) mass is 254 g/mol. The normalized spacial score (nSPS) is 19.1. The Morgan fingerprint density at radius 1 is 1.39 bits per heavy atom. The van der Waals surface area contributed by atoms with E-state index in [1.165, 1.54) is 12.1 Å². The van der Waals surface area contributed by atoms with Crippen molar-refractivity contribution in [3.8, 4) is 0 Å². The zero-order chi connectivity index (χ0) is 13.0. The van der Waals surface area contributed by atoms with Gasteiger partial charge in [0.05, 0.1) is 11.7 Å². The van der Waals surface area contributed by atoms with Crippen molar-refractivity contribution >= 4 is 5.78 Å². The smallest absolute Gasteiger partial charge is 0.169 e. The third-order valence-electron chi connectivity index (χ3n) is 3.21. The minimum atomic E-state index is -1.04. The summed E-state index contributed by atoms with van der Waals surface area (Å²) in [6, 6.07) is 3.69. The highest BCUT2D eigenvalue weighted by atomic mass is 19.2. The van der Waals surface area contributed by atoms with Crippen LogP contribution in [0.1, 0.15) is 42.5 Å². The van der Waals surface area contributed by atoms with Gasteiger partial charge in [0.1, 0.15) is 0 Å². The molecule has 1 aliphatic rings. The molecule has 1 aromatic rings. The number of rotatable bonds is 5. The number of carbonyl (C=O) groups excluding carboxylic acids is 1. The van der Waals surface area contributed by atoms with Crippen molar-refractivity contribution in [3.05, 3.63) is 35.4 Å². The summed E-state index contributed by atoms with van der Waals surface area (Å²) in [5, 5.41) is 0. The number of benzene rings is 1. The Labute approximate surface area is 105 Å². The van der Waals surface area contributed by atoms with E-state index in [-0.39, 0.29) is 23.9 Å². The molecule has 0 radical (unpaired) electrons. The minimum absolute atomic E-state index is 0.151. The summed E-state index contributed by atoms with van der Waals surface area (Å²) in [6.45, 7) is 0.789. The number of Topliss-reactive ketones (excluding diaryl/α,β-unsaturated/α-hetero) is 1. The molecule has 0 aromatic heterocycles. The molecule has 0 bridgehead atoms. The maximum absolute atomic E-state index is 13.4. The number of hydrogen-bond donors (Lipinski definition) is 0. The van der Waals surface area contributed by atoms with Gasteiger partial charge in [-0.3, -0.25) is 4.79 Å². The first-order chi connectivity index (χ1) is 8.68. The van der Waals surface area contributed by atoms with E-state index in [0.717, 1.165) is 31.9 Å². The molecule has 1 saturated heterocycles. The number of ketones is 1. The highest BCUT2D eigenvalue weighted by Crippen LogP contribution is 2.19. The van der Waals surface area contributed by atoms with Crippen molar-refractivity contribution < 1.29 is 18.3 Å². The van der Waals surface area contributed by atoms with Crippen molar-refractivity contribution in [2.24, 2.45) is 0 Å². The van der Waals surface area contributed by atoms with Gasteiger partial charge in [0.2, 0.25) is 0 Å². The zero-order valence-corrected chi connectivity index (χ0v) is 10.1. The lowest BCUT2D eigenvalue weighted by Gasteiger charge is -2.08. The summed E-state index contributed by atoms with van der Waals surface area (Å²) in [5.74, 6) is -2.36. The van der Waals surface area contributed by atoms with Gasteiger partial charge in [0, 0.05) is 13.0 Å². The molecule has 1 atom stereocenters. The molecule has 0 spiro atoms. The first-order valence-corrected chi connectivity index (χ1v) is 6.27. The van der Waals surface area contributed by atoms with Gasteiger partial charge in [-0.1, -0.05) is 6.07 Å². The number of carbonyl (C=O) groups is 1. The van der Waals surface area contributed by atoms with E-state index < -0.39 is 11.6 Å². The molecular weight excluding hydrogens is 238 g/mol. The van der Waals surface area contributed by atoms with Crippen LogP contribution in [0.3, 0.4) is 0 Å². The fourth-order valence-corrected chi connectivity index (χ4v) is 2.22. The topological polar surface area (TPSA) is 26.3 Å². The largest absolute Gasteiger partial charge is 0.378 e. The lowest BCUT2D eigenvalue weighted by atomic mass is 10.0. The van der Waals surface area contributed by atoms with Crippen LogP contribution in [0, 0.1) is 11.6 Å². The summed E-state index contributed by atoms with van der Waals surface area (Å²) in [7, 11) is 0. The third kappa shape index (κ3) is 3.13. The standard InChI is InChI=1S/C14H16F2O2/c15-12-7-2-6-11(14(12)16)13(17)8-1-4-10-5-3-9-18-10/h2,6-7,10H,1,3-5,8-9H2. The summed E-state index contributed by atoms with van der Waals surface area (Å²) < 4.78 is 31.8. The van der Waals surface area contributed by atoms with Crippen LogP contribution in [0.25, 0.3) is 0 Å². The fourth-order valence-electron chi connectivity index (χ4n) is 2.22. The summed E-state index contributed by atoms with van der Waals surface area (Å²) >= 11 is 0. The first kappa shape index (κ1) is 13.1. The highest BCUT2D eigenvalue weighted by Gasteiger charge is 2.18. The minimum Gasteiger partial charge on any atom is -0.378 e. The molecule has 1 aromatic carbocycles. The Bertz CT molecular complexity index is 426. The maximum atomic E-state index is 13.4. The van der Waals surface area contributed by atoms with Crippen LogP contribution in [0.5, 0.6) is 0 Å². The lowest BCUT2D eigenvalue weighted by Crippen LogP contribution is -2.08. The van der Waals surface area contributed by atoms with Gasteiger partial charge in [-0.2, -0.15) is 0 Å². The van der Waals surface area contributed by atoms with Crippen molar-refractivity contribution in [1.82, 2.24) is 0 Å².